The monoisotopic (exact) mass is 171 g/mol. The summed E-state index contributed by atoms with van der Waals surface area (Å²) in [4.78, 5) is 3.94. The van der Waals surface area contributed by atoms with Crippen molar-refractivity contribution in [1.82, 2.24) is 10.1 Å². The molecule has 5 heteroatoms. The molecule has 0 fully saturated rings. The molecule has 0 radical (unpaired) electrons. The predicted octanol–water partition coefficient (Wildman–Crippen LogP) is 0.358. The van der Waals surface area contributed by atoms with Crippen molar-refractivity contribution >= 4 is 0 Å². The van der Waals surface area contributed by atoms with E-state index in [9.17, 15) is 0 Å². The molecule has 0 aliphatic heterocycles. The van der Waals surface area contributed by atoms with Gasteiger partial charge in [0.25, 0.3) is 0 Å². The van der Waals surface area contributed by atoms with E-state index in [1.54, 1.807) is 0 Å². The molecule has 1 aromatic rings. The lowest BCUT2D eigenvalue weighted by Crippen LogP contribution is -2.21. The first-order chi connectivity index (χ1) is 5.76. The molecule has 0 saturated heterocycles. The van der Waals surface area contributed by atoms with E-state index in [1.165, 1.54) is 7.11 Å². The van der Waals surface area contributed by atoms with E-state index < -0.39 is 0 Å². The normalized spacial score (nSPS) is 12.9. The van der Waals surface area contributed by atoms with E-state index in [-0.39, 0.29) is 12.1 Å². The Morgan fingerprint density at radius 3 is 2.92 bits per heavy atom. The summed E-state index contributed by atoms with van der Waals surface area (Å²) in [7, 11) is 1.48. The van der Waals surface area contributed by atoms with E-state index in [0.717, 1.165) is 6.42 Å². The maximum atomic E-state index is 5.69. The van der Waals surface area contributed by atoms with Crippen LogP contribution in [-0.2, 0) is 6.42 Å². The van der Waals surface area contributed by atoms with Crippen molar-refractivity contribution in [2.45, 2.75) is 25.8 Å². The number of nitrogens with two attached hydrogens (primary N) is 1. The second-order valence-electron chi connectivity index (χ2n) is 2.55. The zero-order valence-corrected chi connectivity index (χ0v) is 7.28. The second kappa shape index (κ2) is 4.06. The van der Waals surface area contributed by atoms with Crippen LogP contribution < -0.4 is 10.5 Å². The Morgan fingerprint density at radius 2 is 2.42 bits per heavy atom. The molecule has 1 aromatic heterocycles. The van der Waals surface area contributed by atoms with Gasteiger partial charge in [0, 0.05) is 12.5 Å². The number of rotatable bonds is 4. The summed E-state index contributed by atoms with van der Waals surface area (Å²) in [6.45, 7) is 2.02. The second-order valence-corrected chi connectivity index (χ2v) is 2.55. The third-order valence-electron chi connectivity index (χ3n) is 1.59. The number of aromatic nitrogens is 2. The topological polar surface area (TPSA) is 74.2 Å². The molecule has 0 saturated carbocycles. The van der Waals surface area contributed by atoms with E-state index in [4.69, 9.17) is 15.0 Å². The van der Waals surface area contributed by atoms with Gasteiger partial charge in [-0.2, -0.15) is 4.98 Å². The van der Waals surface area contributed by atoms with Crippen molar-refractivity contribution in [1.29, 1.82) is 0 Å². The SMILES string of the molecule is CCC(N)Cc1noc(OC)n1. The molecule has 0 bridgehead atoms. The van der Waals surface area contributed by atoms with Gasteiger partial charge in [0.2, 0.25) is 0 Å². The van der Waals surface area contributed by atoms with Gasteiger partial charge >= 0.3 is 6.08 Å². The van der Waals surface area contributed by atoms with Crippen molar-refractivity contribution in [3.05, 3.63) is 5.82 Å². The average molecular weight is 171 g/mol. The molecule has 12 heavy (non-hydrogen) atoms. The van der Waals surface area contributed by atoms with Crippen LogP contribution in [0, 0.1) is 0 Å². The molecule has 0 aromatic carbocycles. The van der Waals surface area contributed by atoms with Crippen LogP contribution in [0.25, 0.3) is 0 Å². The van der Waals surface area contributed by atoms with Gasteiger partial charge in [-0.3, -0.25) is 4.52 Å². The van der Waals surface area contributed by atoms with E-state index in [2.05, 4.69) is 10.1 Å². The Labute approximate surface area is 70.9 Å². The molecule has 0 aliphatic rings. The van der Waals surface area contributed by atoms with Crippen LogP contribution >= 0.6 is 0 Å². The minimum atomic E-state index is 0.0901. The summed E-state index contributed by atoms with van der Waals surface area (Å²) < 4.78 is 9.45. The number of ether oxygens (including phenoxy) is 1. The molecule has 1 heterocycles. The van der Waals surface area contributed by atoms with Crippen molar-refractivity contribution in [2.75, 3.05) is 7.11 Å². The summed E-state index contributed by atoms with van der Waals surface area (Å²) in [5, 5.41) is 3.68. The molecule has 0 amide bonds. The van der Waals surface area contributed by atoms with Crippen LogP contribution in [0.3, 0.4) is 0 Å². The third-order valence-corrected chi connectivity index (χ3v) is 1.59. The fourth-order valence-corrected chi connectivity index (χ4v) is 0.783. The zero-order chi connectivity index (χ0) is 8.97. The van der Waals surface area contributed by atoms with Crippen molar-refractivity contribution in [2.24, 2.45) is 5.73 Å². The van der Waals surface area contributed by atoms with Crippen molar-refractivity contribution in [3.8, 4) is 6.08 Å². The molecule has 0 spiro atoms. The first-order valence-electron chi connectivity index (χ1n) is 3.88. The highest BCUT2D eigenvalue weighted by molar-refractivity contribution is 4.92. The number of nitrogens with zero attached hydrogens (tertiary/aromatic N) is 2. The molecule has 68 valence electrons. The van der Waals surface area contributed by atoms with Crippen LogP contribution in [0.5, 0.6) is 6.08 Å². The quantitative estimate of drug-likeness (QED) is 0.707. The van der Waals surface area contributed by atoms with E-state index >= 15 is 0 Å². The zero-order valence-electron chi connectivity index (χ0n) is 7.28. The maximum Gasteiger partial charge on any atom is 0.417 e. The van der Waals surface area contributed by atoms with Crippen LogP contribution in [0.2, 0.25) is 0 Å². The van der Waals surface area contributed by atoms with Crippen molar-refractivity contribution < 1.29 is 9.26 Å². The number of methoxy groups -OCH3 is 1. The summed E-state index contributed by atoms with van der Waals surface area (Å²) in [5.41, 5.74) is 5.69. The minimum Gasteiger partial charge on any atom is -0.452 e. The lowest BCUT2D eigenvalue weighted by atomic mass is 10.2. The highest BCUT2D eigenvalue weighted by atomic mass is 16.6. The van der Waals surface area contributed by atoms with Gasteiger partial charge in [-0.05, 0) is 6.42 Å². The Bertz CT molecular complexity index is 236. The maximum absolute atomic E-state index is 5.69. The smallest absolute Gasteiger partial charge is 0.417 e. The van der Waals surface area contributed by atoms with Crippen LogP contribution in [-0.4, -0.2) is 23.3 Å². The standard InChI is InChI=1S/C7H13N3O2/c1-3-5(8)4-6-9-7(11-2)12-10-6/h5H,3-4,8H2,1-2H3. The summed E-state index contributed by atoms with van der Waals surface area (Å²) in [6.07, 6.45) is 1.72. The summed E-state index contributed by atoms with van der Waals surface area (Å²) >= 11 is 0. The van der Waals surface area contributed by atoms with E-state index in [1.807, 2.05) is 6.92 Å². The van der Waals surface area contributed by atoms with Gasteiger partial charge in [0.1, 0.15) is 0 Å². The Balaban J connectivity index is 2.52. The lowest BCUT2D eigenvalue weighted by Gasteiger charge is -2.02. The lowest BCUT2D eigenvalue weighted by molar-refractivity contribution is 0.249. The molecule has 1 rings (SSSR count). The van der Waals surface area contributed by atoms with Gasteiger partial charge in [0.05, 0.1) is 7.11 Å². The fourth-order valence-electron chi connectivity index (χ4n) is 0.783. The summed E-state index contributed by atoms with van der Waals surface area (Å²) in [5.74, 6) is 0.598. The van der Waals surface area contributed by atoms with Crippen LogP contribution in [0.15, 0.2) is 4.52 Å². The Morgan fingerprint density at radius 1 is 1.67 bits per heavy atom. The van der Waals surface area contributed by atoms with Gasteiger partial charge in [-0.15, -0.1) is 0 Å². The summed E-state index contributed by atoms with van der Waals surface area (Å²) in [6, 6.07) is 0.0901. The number of hydrogen-bond donors (Lipinski definition) is 1. The minimum absolute atomic E-state index is 0.0901. The molecule has 1 atom stereocenters. The van der Waals surface area contributed by atoms with Crippen LogP contribution in [0.1, 0.15) is 19.2 Å². The Kier molecular flexibility index (Phi) is 3.04. The van der Waals surface area contributed by atoms with Gasteiger partial charge in [-0.1, -0.05) is 12.1 Å². The highest BCUT2D eigenvalue weighted by Crippen LogP contribution is 2.06. The van der Waals surface area contributed by atoms with Crippen molar-refractivity contribution in [3.63, 3.8) is 0 Å². The first-order valence-corrected chi connectivity index (χ1v) is 3.88. The molecular weight excluding hydrogens is 158 g/mol. The largest absolute Gasteiger partial charge is 0.452 e. The van der Waals surface area contributed by atoms with E-state index in [0.29, 0.717) is 12.2 Å². The van der Waals surface area contributed by atoms with Gasteiger partial charge in [0.15, 0.2) is 5.82 Å². The fraction of sp³-hybridized carbons (Fsp3) is 0.714. The van der Waals surface area contributed by atoms with Crippen LogP contribution in [0.4, 0.5) is 0 Å². The molecular formula is C7H13N3O2. The third kappa shape index (κ3) is 2.20. The molecule has 0 aliphatic carbocycles. The van der Waals surface area contributed by atoms with Gasteiger partial charge in [-0.25, -0.2) is 0 Å². The molecule has 1 unspecified atom stereocenters. The average Bonchev–Trinajstić information content (AvgIpc) is 2.52. The number of hydrogen-bond acceptors (Lipinski definition) is 5. The molecule has 5 nitrogen and oxygen atoms in total. The van der Waals surface area contributed by atoms with Gasteiger partial charge < -0.3 is 10.5 Å². The predicted molar refractivity (Wildman–Crippen MR) is 42.8 cm³/mol. The Hall–Kier alpha value is -1.10. The first kappa shape index (κ1) is 8.99. The molecule has 2 N–H and O–H groups in total. The highest BCUT2D eigenvalue weighted by Gasteiger charge is 2.08.